The van der Waals surface area contributed by atoms with Gasteiger partial charge in [0.25, 0.3) is 11.8 Å². The number of aromatic nitrogens is 2. The highest BCUT2D eigenvalue weighted by atomic mass is 16.5. The van der Waals surface area contributed by atoms with Crippen LogP contribution in [0.1, 0.15) is 67.6 Å². The molecule has 1 fully saturated rings. The fraction of sp³-hybridized carbons (Fsp3) is 0.280. The molecule has 0 atom stereocenters. The quantitative estimate of drug-likeness (QED) is 0.610. The van der Waals surface area contributed by atoms with Crippen LogP contribution in [0.4, 0.5) is 11.4 Å². The highest BCUT2D eigenvalue weighted by Crippen LogP contribution is 2.31. The molecule has 3 aromatic rings. The average molecular weight is 476 g/mol. The van der Waals surface area contributed by atoms with Crippen molar-refractivity contribution in [2.24, 2.45) is 5.73 Å². The van der Waals surface area contributed by atoms with Crippen LogP contribution in [0.5, 0.6) is 5.75 Å². The van der Waals surface area contributed by atoms with Crippen molar-refractivity contribution in [2.75, 3.05) is 30.0 Å². The van der Waals surface area contributed by atoms with E-state index < -0.39 is 144 Å². The minimum atomic E-state index is -3.53. The Bertz CT molecular complexity index is 1990. The number of fused-ring (bicyclic) bond motifs is 1. The Morgan fingerprint density at radius 1 is 0.971 bits per heavy atom. The standard InChI is InChI=1S/C25H25N5O4/c1-34-19-11-9-18(10-12-19)30-23-20(22(27-30)24(26)32)13-15-29(25(23)33)17-7-5-16(6-8-17)28-14-3-2-4-21(28)31/h5-12H,2-4,13-15H2,1H3,(H2,26,32)/i2D2,3D2,4D2,5D,6D,7D,8D,9D,10D,11D,12D,13D2. The minimum absolute atomic E-state index is 0.238. The molecule has 0 unspecified atom stereocenters. The van der Waals surface area contributed by atoms with Crippen molar-refractivity contribution in [3.63, 3.8) is 0 Å². The molecule has 9 nitrogen and oxygen atoms in total. The van der Waals surface area contributed by atoms with Crippen LogP contribution in [0.15, 0.2) is 48.3 Å². The van der Waals surface area contributed by atoms with Gasteiger partial charge in [-0.25, -0.2) is 4.68 Å². The molecule has 0 bridgehead atoms. The third-order valence-corrected chi connectivity index (χ3v) is 4.86. The van der Waals surface area contributed by atoms with Crippen LogP contribution in [0, 0.1) is 0 Å². The van der Waals surface area contributed by atoms with Gasteiger partial charge in [-0.3, -0.25) is 14.4 Å². The SMILES string of the molecule is [2H]c1c([2H])c(-n2nc(C(N)=O)c3c2C(=O)N(c2c([2H])c([2H])c(N4CC([2H])([2H])C([2H])([2H])C([2H])([2H])C4=O)c([2H])c2[2H])CC3([2H])[2H])c([2H])c([2H])c1OC. The van der Waals surface area contributed by atoms with Gasteiger partial charge in [0.2, 0.25) is 5.91 Å². The number of nitrogens with two attached hydrogens (primary N) is 1. The second-order valence-electron chi connectivity index (χ2n) is 6.81. The summed E-state index contributed by atoms with van der Waals surface area (Å²) in [5.41, 5.74) is 0.434. The van der Waals surface area contributed by atoms with Crippen LogP contribution < -0.4 is 20.3 Å². The molecular formula is C25H25N5O4. The second-order valence-corrected chi connectivity index (χ2v) is 6.81. The Balaban J connectivity index is 1.77. The number of anilines is 2. The molecule has 9 heteroatoms. The van der Waals surface area contributed by atoms with E-state index in [4.69, 9.17) is 32.4 Å². The average Bonchev–Trinajstić information content (AvgIpc) is 3.42. The van der Waals surface area contributed by atoms with E-state index in [-0.39, 0.29) is 4.90 Å². The lowest BCUT2D eigenvalue weighted by Gasteiger charge is -2.29. The number of benzene rings is 2. The summed E-state index contributed by atoms with van der Waals surface area (Å²) in [5.74, 6) is -4.90. The lowest BCUT2D eigenvalue weighted by molar-refractivity contribution is -0.119. The van der Waals surface area contributed by atoms with E-state index in [0.717, 1.165) is 7.11 Å². The monoisotopic (exact) mass is 475 g/mol. The maximum atomic E-state index is 14.3. The van der Waals surface area contributed by atoms with Crippen molar-refractivity contribution < 1.29 is 41.1 Å². The summed E-state index contributed by atoms with van der Waals surface area (Å²) in [6.45, 7) is -2.31. The van der Waals surface area contributed by atoms with Gasteiger partial charge in [-0.05, 0) is 67.5 Å². The molecule has 0 spiro atoms. The van der Waals surface area contributed by atoms with Crippen molar-refractivity contribution in [2.45, 2.75) is 25.5 Å². The number of piperidine rings is 1. The number of hydrogen-bond acceptors (Lipinski definition) is 5. The topological polar surface area (TPSA) is 111 Å². The van der Waals surface area contributed by atoms with Gasteiger partial charge in [0.05, 0.1) is 23.8 Å². The molecule has 2 N–H and O–H groups in total. The molecule has 3 heterocycles. The van der Waals surface area contributed by atoms with E-state index in [2.05, 4.69) is 5.10 Å². The van der Waals surface area contributed by atoms with E-state index >= 15 is 0 Å². The molecule has 34 heavy (non-hydrogen) atoms. The number of ether oxygens (including phenoxy) is 1. The van der Waals surface area contributed by atoms with Crippen molar-refractivity contribution in [1.82, 2.24) is 9.78 Å². The van der Waals surface area contributed by atoms with E-state index in [1.165, 1.54) is 0 Å². The molecule has 1 aromatic heterocycles. The van der Waals surface area contributed by atoms with E-state index in [9.17, 15) is 14.4 Å². The first kappa shape index (κ1) is 10.0. The molecule has 2 aliphatic rings. The summed E-state index contributed by atoms with van der Waals surface area (Å²) >= 11 is 0. The number of carbonyl (C=O) groups excluding carboxylic acids is 3. The van der Waals surface area contributed by atoms with Crippen LogP contribution in [0.25, 0.3) is 5.69 Å². The molecule has 0 radical (unpaired) electrons. The van der Waals surface area contributed by atoms with Crippen molar-refractivity contribution in [3.8, 4) is 11.4 Å². The fourth-order valence-electron chi connectivity index (χ4n) is 3.26. The summed E-state index contributed by atoms with van der Waals surface area (Å²) in [6, 6.07) is -7.54. The first-order valence-electron chi connectivity index (χ1n) is 17.6. The van der Waals surface area contributed by atoms with E-state index in [1.807, 2.05) is 0 Å². The maximum absolute atomic E-state index is 14.3. The molecule has 2 aromatic carbocycles. The third kappa shape index (κ3) is 3.68. The van der Waals surface area contributed by atoms with Crippen LogP contribution in [-0.2, 0) is 11.2 Å². The first-order valence-corrected chi connectivity index (χ1v) is 9.62. The molecule has 0 saturated carbocycles. The van der Waals surface area contributed by atoms with Crippen molar-refractivity contribution >= 4 is 29.1 Å². The zero-order valence-corrected chi connectivity index (χ0v) is 17.4. The Morgan fingerprint density at radius 3 is 2.26 bits per heavy atom. The number of amides is 3. The highest BCUT2D eigenvalue weighted by Gasteiger charge is 2.34. The van der Waals surface area contributed by atoms with Gasteiger partial charge >= 0.3 is 0 Å². The first-order chi connectivity index (χ1) is 22.8. The van der Waals surface area contributed by atoms with Crippen LogP contribution in [0.3, 0.4) is 0 Å². The Morgan fingerprint density at radius 2 is 1.62 bits per heavy atom. The molecule has 3 amide bonds. The lowest BCUT2D eigenvalue weighted by atomic mass is 10.0. The zero-order chi connectivity index (χ0) is 38.0. The molecule has 1 saturated heterocycles. The number of carbonyl (C=O) groups is 3. The largest absolute Gasteiger partial charge is 0.497 e. The van der Waals surface area contributed by atoms with Crippen LogP contribution in [0.2, 0.25) is 0 Å². The van der Waals surface area contributed by atoms with Gasteiger partial charge in [-0.2, -0.15) is 5.10 Å². The number of hydrogen-bond donors (Lipinski definition) is 1. The molecule has 174 valence electrons. The second kappa shape index (κ2) is 8.66. The summed E-state index contributed by atoms with van der Waals surface area (Å²) in [4.78, 5) is 40.5. The number of primary amides is 1. The zero-order valence-electron chi connectivity index (χ0n) is 33.4. The Kier molecular flexibility index (Phi) is 2.55. The van der Waals surface area contributed by atoms with Gasteiger partial charge in [0.15, 0.2) is 5.69 Å². The molecular weight excluding hydrogens is 434 g/mol. The molecule has 5 rings (SSSR count). The van der Waals surface area contributed by atoms with Crippen molar-refractivity contribution in [1.29, 1.82) is 0 Å². The van der Waals surface area contributed by atoms with Gasteiger partial charge in [0.1, 0.15) is 11.4 Å². The predicted molar refractivity (Wildman–Crippen MR) is 127 cm³/mol. The fourth-order valence-corrected chi connectivity index (χ4v) is 3.26. The normalized spacial score (nSPS) is 28.6. The predicted octanol–water partition coefficient (Wildman–Crippen LogP) is 2.70. The van der Waals surface area contributed by atoms with Gasteiger partial charge < -0.3 is 20.3 Å². The Hall–Kier alpha value is -4.14. The summed E-state index contributed by atoms with van der Waals surface area (Å²) < 4.78 is 139. The van der Waals surface area contributed by atoms with Crippen LogP contribution >= 0.6 is 0 Å². The smallest absolute Gasteiger partial charge is 0.277 e. The van der Waals surface area contributed by atoms with Crippen molar-refractivity contribution in [3.05, 3.63) is 65.3 Å². The lowest BCUT2D eigenvalue weighted by Crippen LogP contribution is -2.39. The van der Waals surface area contributed by atoms with Gasteiger partial charge in [-0.15, -0.1) is 0 Å². The number of rotatable bonds is 5. The Labute approximate surface area is 219 Å². The highest BCUT2D eigenvalue weighted by molar-refractivity contribution is 6.09. The summed E-state index contributed by atoms with van der Waals surface area (Å²) in [7, 11) is 1.08. The maximum Gasteiger partial charge on any atom is 0.277 e. The van der Waals surface area contributed by atoms with E-state index in [1.54, 1.807) is 0 Å². The van der Waals surface area contributed by atoms with Crippen LogP contribution in [-0.4, -0.2) is 47.7 Å². The molecule has 0 aliphatic carbocycles. The summed E-state index contributed by atoms with van der Waals surface area (Å²) in [5, 5.41) is 3.89. The van der Waals surface area contributed by atoms with Gasteiger partial charge in [0, 0.05) is 47.4 Å². The molecule has 2 aliphatic heterocycles. The summed E-state index contributed by atoms with van der Waals surface area (Å²) in [6.07, 6.45) is -12.8. The number of nitrogens with zero attached hydrogens (tertiary/aromatic N) is 4. The van der Waals surface area contributed by atoms with E-state index in [0.29, 0.717) is 9.58 Å². The minimum Gasteiger partial charge on any atom is -0.497 e. The number of methoxy groups -OCH3 is 1. The van der Waals surface area contributed by atoms with Gasteiger partial charge in [-0.1, -0.05) is 0 Å². The third-order valence-electron chi connectivity index (χ3n) is 4.86.